The highest BCUT2D eigenvalue weighted by molar-refractivity contribution is 14.0. The monoisotopic (exact) mass is 487 g/mol. The SMILES string of the molecule is CCNC(=NCC1(CC(C)C)CCC1)NCCNC(=O)c1cccnc1.I. The molecular formula is C20H34IN5O. The number of nitrogens with zero attached hydrogens (tertiary/aromatic N) is 2. The number of halogens is 1. The third-order valence-corrected chi connectivity index (χ3v) is 4.80. The van der Waals surface area contributed by atoms with Crippen molar-refractivity contribution >= 4 is 35.8 Å². The van der Waals surface area contributed by atoms with Crippen LogP contribution in [0.3, 0.4) is 0 Å². The zero-order valence-electron chi connectivity index (χ0n) is 16.8. The maximum atomic E-state index is 12.0. The summed E-state index contributed by atoms with van der Waals surface area (Å²) in [5.41, 5.74) is 0.971. The Hall–Kier alpha value is -1.38. The van der Waals surface area contributed by atoms with Crippen LogP contribution in [0.25, 0.3) is 0 Å². The Morgan fingerprint density at radius 1 is 1.26 bits per heavy atom. The lowest BCUT2D eigenvalue weighted by Gasteiger charge is -2.42. The fourth-order valence-electron chi connectivity index (χ4n) is 3.51. The lowest BCUT2D eigenvalue weighted by atomic mass is 9.64. The number of hydrogen-bond acceptors (Lipinski definition) is 3. The standard InChI is InChI=1S/C20H33N5O.HI/c1-4-22-19(25-15-20(8-6-9-20)13-16(2)3)24-12-11-23-18(26)17-7-5-10-21-14-17;/h5,7,10,14,16H,4,6,8-9,11-13,15H2,1-3H3,(H,23,26)(H2,22,24,25);1H. The minimum Gasteiger partial charge on any atom is -0.357 e. The number of pyridine rings is 1. The van der Waals surface area contributed by atoms with Crippen molar-refractivity contribution in [3.05, 3.63) is 30.1 Å². The Balaban J connectivity index is 0.00000364. The van der Waals surface area contributed by atoms with Crippen LogP contribution in [0.15, 0.2) is 29.5 Å². The van der Waals surface area contributed by atoms with E-state index < -0.39 is 0 Å². The first kappa shape index (κ1) is 23.7. The van der Waals surface area contributed by atoms with Crippen LogP contribution in [0.1, 0.15) is 56.8 Å². The van der Waals surface area contributed by atoms with Gasteiger partial charge in [-0.3, -0.25) is 14.8 Å². The largest absolute Gasteiger partial charge is 0.357 e. The summed E-state index contributed by atoms with van der Waals surface area (Å²) in [6.45, 7) is 9.52. The molecule has 0 unspecified atom stereocenters. The summed E-state index contributed by atoms with van der Waals surface area (Å²) >= 11 is 0. The molecule has 1 aromatic heterocycles. The molecule has 7 heteroatoms. The van der Waals surface area contributed by atoms with Crippen LogP contribution in [0.5, 0.6) is 0 Å². The van der Waals surface area contributed by atoms with E-state index in [1.165, 1.54) is 25.7 Å². The molecule has 6 nitrogen and oxygen atoms in total. The third kappa shape index (κ3) is 8.02. The van der Waals surface area contributed by atoms with E-state index in [-0.39, 0.29) is 29.9 Å². The van der Waals surface area contributed by atoms with Crippen LogP contribution in [0.4, 0.5) is 0 Å². The Kier molecular flexibility index (Phi) is 10.6. The third-order valence-electron chi connectivity index (χ3n) is 4.80. The normalized spacial score (nSPS) is 15.5. The fraction of sp³-hybridized carbons (Fsp3) is 0.650. The van der Waals surface area contributed by atoms with Gasteiger partial charge in [0, 0.05) is 38.6 Å². The molecule has 0 aromatic carbocycles. The molecule has 0 aliphatic heterocycles. The number of amides is 1. The van der Waals surface area contributed by atoms with Crippen molar-refractivity contribution < 1.29 is 4.79 Å². The van der Waals surface area contributed by atoms with Crippen LogP contribution in [-0.4, -0.2) is 43.0 Å². The molecule has 1 aliphatic carbocycles. The summed E-state index contributed by atoms with van der Waals surface area (Å²) in [6.07, 6.45) is 8.38. The Labute approximate surface area is 180 Å². The summed E-state index contributed by atoms with van der Waals surface area (Å²) < 4.78 is 0. The van der Waals surface area contributed by atoms with Crippen molar-refractivity contribution in [2.24, 2.45) is 16.3 Å². The first-order chi connectivity index (χ1) is 12.5. The molecule has 152 valence electrons. The van der Waals surface area contributed by atoms with E-state index >= 15 is 0 Å². The lowest BCUT2D eigenvalue weighted by Crippen LogP contribution is -2.43. The van der Waals surface area contributed by atoms with E-state index in [0.717, 1.165) is 19.0 Å². The van der Waals surface area contributed by atoms with Crippen LogP contribution in [0.2, 0.25) is 0 Å². The summed E-state index contributed by atoms with van der Waals surface area (Å²) in [4.78, 5) is 20.8. The number of carbonyl (C=O) groups excluding carboxylic acids is 1. The van der Waals surface area contributed by atoms with Gasteiger partial charge in [0.1, 0.15) is 0 Å². The molecule has 1 fully saturated rings. The number of hydrogen-bond donors (Lipinski definition) is 3. The molecule has 0 saturated heterocycles. The molecule has 1 heterocycles. The van der Waals surface area contributed by atoms with Gasteiger partial charge in [-0.2, -0.15) is 0 Å². The van der Waals surface area contributed by atoms with Crippen molar-refractivity contribution in [2.45, 2.75) is 46.5 Å². The van der Waals surface area contributed by atoms with Gasteiger partial charge in [-0.25, -0.2) is 0 Å². The molecule has 1 amide bonds. The van der Waals surface area contributed by atoms with Crippen molar-refractivity contribution in [3.63, 3.8) is 0 Å². The highest BCUT2D eigenvalue weighted by Gasteiger charge is 2.37. The Morgan fingerprint density at radius 2 is 2.00 bits per heavy atom. The number of aromatic nitrogens is 1. The van der Waals surface area contributed by atoms with Gasteiger partial charge in [-0.15, -0.1) is 24.0 Å². The van der Waals surface area contributed by atoms with Gasteiger partial charge in [0.15, 0.2) is 5.96 Å². The molecule has 2 rings (SSSR count). The van der Waals surface area contributed by atoms with Crippen molar-refractivity contribution in [1.82, 2.24) is 20.9 Å². The van der Waals surface area contributed by atoms with E-state index in [1.54, 1.807) is 24.5 Å². The van der Waals surface area contributed by atoms with Gasteiger partial charge >= 0.3 is 0 Å². The van der Waals surface area contributed by atoms with Crippen LogP contribution in [0, 0.1) is 11.3 Å². The van der Waals surface area contributed by atoms with Gasteiger partial charge in [-0.05, 0) is 49.7 Å². The molecule has 1 aliphatic rings. The molecule has 0 radical (unpaired) electrons. The van der Waals surface area contributed by atoms with E-state index in [2.05, 4.69) is 41.7 Å². The number of rotatable bonds is 9. The second-order valence-corrected chi connectivity index (χ2v) is 7.57. The second-order valence-electron chi connectivity index (χ2n) is 7.57. The lowest BCUT2D eigenvalue weighted by molar-refractivity contribution is 0.0954. The predicted octanol–water partition coefficient (Wildman–Crippen LogP) is 3.20. The molecular weight excluding hydrogens is 453 g/mol. The van der Waals surface area contributed by atoms with Crippen LogP contribution >= 0.6 is 24.0 Å². The van der Waals surface area contributed by atoms with Crippen molar-refractivity contribution in [2.75, 3.05) is 26.2 Å². The highest BCUT2D eigenvalue weighted by Crippen LogP contribution is 2.46. The number of nitrogens with one attached hydrogen (secondary N) is 3. The molecule has 1 aromatic rings. The smallest absolute Gasteiger partial charge is 0.252 e. The maximum absolute atomic E-state index is 12.0. The van der Waals surface area contributed by atoms with E-state index in [0.29, 0.717) is 30.0 Å². The highest BCUT2D eigenvalue weighted by atomic mass is 127. The molecule has 0 spiro atoms. The first-order valence-electron chi connectivity index (χ1n) is 9.75. The number of carbonyl (C=O) groups is 1. The van der Waals surface area contributed by atoms with E-state index in [9.17, 15) is 4.79 Å². The van der Waals surface area contributed by atoms with Crippen LogP contribution in [-0.2, 0) is 0 Å². The zero-order valence-corrected chi connectivity index (χ0v) is 19.1. The zero-order chi connectivity index (χ0) is 18.8. The summed E-state index contributed by atoms with van der Waals surface area (Å²) in [7, 11) is 0. The maximum Gasteiger partial charge on any atom is 0.252 e. The van der Waals surface area contributed by atoms with Crippen molar-refractivity contribution in [1.29, 1.82) is 0 Å². The van der Waals surface area contributed by atoms with Gasteiger partial charge in [0.05, 0.1) is 5.56 Å². The van der Waals surface area contributed by atoms with Gasteiger partial charge in [-0.1, -0.05) is 20.3 Å². The molecule has 0 atom stereocenters. The molecule has 1 saturated carbocycles. The average molecular weight is 487 g/mol. The van der Waals surface area contributed by atoms with Gasteiger partial charge in [0.2, 0.25) is 0 Å². The topological polar surface area (TPSA) is 78.4 Å². The molecule has 0 bridgehead atoms. The molecule has 27 heavy (non-hydrogen) atoms. The summed E-state index contributed by atoms with van der Waals surface area (Å²) in [5.74, 6) is 1.44. The average Bonchev–Trinajstić information content (AvgIpc) is 2.60. The minimum absolute atomic E-state index is 0. The minimum atomic E-state index is -0.104. The molecule has 3 N–H and O–H groups in total. The second kappa shape index (κ2) is 12.2. The number of aliphatic imine (C=N–C) groups is 1. The van der Waals surface area contributed by atoms with Crippen molar-refractivity contribution in [3.8, 4) is 0 Å². The fourth-order valence-corrected chi connectivity index (χ4v) is 3.51. The quantitative estimate of drug-likeness (QED) is 0.216. The van der Waals surface area contributed by atoms with E-state index in [4.69, 9.17) is 4.99 Å². The Morgan fingerprint density at radius 3 is 2.56 bits per heavy atom. The Bertz CT molecular complexity index is 587. The van der Waals surface area contributed by atoms with Crippen LogP contribution < -0.4 is 16.0 Å². The van der Waals surface area contributed by atoms with Gasteiger partial charge in [0.25, 0.3) is 5.91 Å². The summed E-state index contributed by atoms with van der Waals surface area (Å²) in [5, 5.41) is 9.50. The number of guanidine groups is 1. The van der Waals surface area contributed by atoms with Gasteiger partial charge < -0.3 is 16.0 Å². The predicted molar refractivity (Wildman–Crippen MR) is 122 cm³/mol. The first-order valence-corrected chi connectivity index (χ1v) is 9.75. The summed E-state index contributed by atoms with van der Waals surface area (Å²) in [6, 6.07) is 3.52. The van der Waals surface area contributed by atoms with E-state index in [1.807, 2.05) is 0 Å².